The molecule has 0 spiro atoms. The largest absolute Gasteiger partial charge is 0.250 e. The van der Waals surface area contributed by atoms with E-state index in [0.717, 1.165) is 28.4 Å². The summed E-state index contributed by atoms with van der Waals surface area (Å²) in [5.74, 6) is 0. The number of aromatic nitrogens is 1. The van der Waals surface area contributed by atoms with Crippen molar-refractivity contribution >= 4 is 32.7 Å². The van der Waals surface area contributed by atoms with Crippen molar-refractivity contribution < 1.29 is 8.42 Å². The van der Waals surface area contributed by atoms with Gasteiger partial charge in [0.05, 0.1) is 12.2 Å². The van der Waals surface area contributed by atoms with Crippen LogP contribution in [0.4, 0.5) is 0 Å². The third-order valence-corrected chi connectivity index (χ3v) is 8.09. The zero-order valence-corrected chi connectivity index (χ0v) is 16.6. The standard InChI is InChI=1S/C18H20N2O2S3/c1-3-15-9-10-18(23-15)25(21,22)19-12-17-20-13(2)16(24-17)11-14-7-5-4-6-8-14/h4-10,19H,3,11-12H2,1-2H3. The van der Waals surface area contributed by atoms with E-state index in [1.807, 2.05) is 38.1 Å². The SMILES string of the molecule is CCc1ccc(S(=O)(=O)NCc2nc(C)c(Cc3ccccc3)s2)s1. The number of rotatable bonds is 7. The topological polar surface area (TPSA) is 59.1 Å². The summed E-state index contributed by atoms with van der Waals surface area (Å²) in [6.45, 7) is 4.21. The maximum Gasteiger partial charge on any atom is 0.250 e. The molecule has 3 aromatic rings. The first-order chi connectivity index (χ1) is 12.0. The van der Waals surface area contributed by atoms with Crippen LogP contribution < -0.4 is 4.72 Å². The van der Waals surface area contributed by atoms with Crippen LogP contribution in [-0.4, -0.2) is 13.4 Å². The number of sulfonamides is 1. The van der Waals surface area contributed by atoms with E-state index in [2.05, 4.69) is 21.8 Å². The third kappa shape index (κ3) is 4.55. The quantitative estimate of drug-likeness (QED) is 0.657. The van der Waals surface area contributed by atoms with Crippen molar-refractivity contribution in [2.24, 2.45) is 0 Å². The molecule has 4 nitrogen and oxygen atoms in total. The van der Waals surface area contributed by atoms with Gasteiger partial charge >= 0.3 is 0 Å². The second kappa shape index (κ2) is 7.78. The molecule has 1 aromatic carbocycles. The molecule has 132 valence electrons. The van der Waals surface area contributed by atoms with Crippen LogP contribution >= 0.6 is 22.7 Å². The van der Waals surface area contributed by atoms with Crippen molar-refractivity contribution in [1.29, 1.82) is 0 Å². The maximum absolute atomic E-state index is 12.4. The minimum absolute atomic E-state index is 0.224. The smallest absolute Gasteiger partial charge is 0.245 e. The Morgan fingerprint density at radius 1 is 1.08 bits per heavy atom. The third-order valence-electron chi connectivity index (χ3n) is 3.81. The molecule has 1 N–H and O–H groups in total. The molecule has 0 saturated heterocycles. The molecule has 0 amide bonds. The lowest BCUT2D eigenvalue weighted by molar-refractivity contribution is 0.583. The number of nitrogens with one attached hydrogen (secondary N) is 1. The van der Waals surface area contributed by atoms with Gasteiger partial charge in [0.2, 0.25) is 10.0 Å². The summed E-state index contributed by atoms with van der Waals surface area (Å²) < 4.78 is 27.8. The highest BCUT2D eigenvalue weighted by Crippen LogP contribution is 2.24. The normalized spacial score (nSPS) is 11.8. The zero-order valence-electron chi connectivity index (χ0n) is 14.2. The van der Waals surface area contributed by atoms with Crippen LogP contribution in [0.15, 0.2) is 46.7 Å². The summed E-state index contributed by atoms with van der Waals surface area (Å²) >= 11 is 2.88. The molecule has 25 heavy (non-hydrogen) atoms. The van der Waals surface area contributed by atoms with Crippen molar-refractivity contribution in [2.45, 2.75) is 37.4 Å². The molecule has 0 aliphatic carbocycles. The van der Waals surface area contributed by atoms with E-state index in [9.17, 15) is 8.42 Å². The van der Waals surface area contributed by atoms with Crippen LogP contribution in [0.5, 0.6) is 0 Å². The van der Waals surface area contributed by atoms with E-state index in [4.69, 9.17) is 0 Å². The molecule has 2 aromatic heterocycles. The van der Waals surface area contributed by atoms with Gasteiger partial charge in [-0.3, -0.25) is 0 Å². The van der Waals surface area contributed by atoms with Crippen LogP contribution in [-0.2, 0) is 29.4 Å². The van der Waals surface area contributed by atoms with E-state index in [-0.39, 0.29) is 6.54 Å². The van der Waals surface area contributed by atoms with Crippen LogP contribution in [0.1, 0.15) is 32.9 Å². The highest BCUT2D eigenvalue weighted by molar-refractivity contribution is 7.91. The van der Waals surface area contributed by atoms with E-state index in [1.165, 1.54) is 21.8 Å². The summed E-state index contributed by atoms with van der Waals surface area (Å²) in [6.07, 6.45) is 1.66. The molecule has 2 heterocycles. The molecular formula is C18H20N2O2S3. The lowest BCUT2D eigenvalue weighted by atomic mass is 10.1. The van der Waals surface area contributed by atoms with Gasteiger partial charge in [0.1, 0.15) is 9.22 Å². The van der Waals surface area contributed by atoms with Crippen molar-refractivity contribution in [3.8, 4) is 0 Å². The van der Waals surface area contributed by atoms with Gasteiger partial charge in [-0.15, -0.1) is 22.7 Å². The lowest BCUT2D eigenvalue weighted by Crippen LogP contribution is -2.22. The summed E-state index contributed by atoms with van der Waals surface area (Å²) in [6, 6.07) is 13.7. The van der Waals surface area contributed by atoms with Gasteiger partial charge in [-0.25, -0.2) is 18.1 Å². The number of thiophene rings is 1. The van der Waals surface area contributed by atoms with Crippen LogP contribution in [0, 0.1) is 6.92 Å². The first-order valence-corrected chi connectivity index (χ1v) is 11.2. The Morgan fingerprint density at radius 3 is 2.52 bits per heavy atom. The summed E-state index contributed by atoms with van der Waals surface area (Å²) in [4.78, 5) is 6.76. The van der Waals surface area contributed by atoms with Gasteiger partial charge in [0.25, 0.3) is 0 Å². The van der Waals surface area contributed by atoms with Gasteiger partial charge in [-0.1, -0.05) is 37.3 Å². The minimum Gasteiger partial charge on any atom is -0.245 e. The number of hydrogen-bond acceptors (Lipinski definition) is 5. The Hall–Kier alpha value is -1.54. The van der Waals surface area contributed by atoms with Crippen LogP contribution in [0.25, 0.3) is 0 Å². The Bertz CT molecular complexity index is 944. The molecule has 0 fully saturated rings. The van der Waals surface area contributed by atoms with Crippen molar-refractivity contribution in [3.63, 3.8) is 0 Å². The first kappa shape index (κ1) is 18.3. The first-order valence-electron chi connectivity index (χ1n) is 8.05. The van der Waals surface area contributed by atoms with Crippen LogP contribution in [0.3, 0.4) is 0 Å². The van der Waals surface area contributed by atoms with Crippen molar-refractivity contribution in [1.82, 2.24) is 9.71 Å². The fourth-order valence-electron chi connectivity index (χ4n) is 2.43. The lowest BCUT2D eigenvalue weighted by Gasteiger charge is -2.02. The molecule has 0 saturated carbocycles. The summed E-state index contributed by atoms with van der Waals surface area (Å²) in [7, 11) is -3.48. The predicted molar refractivity (Wildman–Crippen MR) is 104 cm³/mol. The highest BCUT2D eigenvalue weighted by atomic mass is 32.2. The van der Waals surface area contributed by atoms with Gasteiger partial charge in [0, 0.05) is 16.2 Å². The summed E-state index contributed by atoms with van der Waals surface area (Å²) in [5, 5.41) is 0.791. The minimum atomic E-state index is -3.48. The van der Waals surface area contributed by atoms with E-state index >= 15 is 0 Å². The molecular weight excluding hydrogens is 372 g/mol. The number of hydrogen-bond donors (Lipinski definition) is 1. The average Bonchev–Trinajstić information content (AvgIpc) is 3.22. The Kier molecular flexibility index (Phi) is 5.68. The number of nitrogens with zero attached hydrogens (tertiary/aromatic N) is 1. The highest BCUT2D eigenvalue weighted by Gasteiger charge is 2.17. The second-order valence-corrected chi connectivity index (χ2v) is 10.0. The Labute approximate surface area is 156 Å². The van der Waals surface area contributed by atoms with Gasteiger partial charge in [0.15, 0.2) is 0 Å². The predicted octanol–water partition coefficient (Wildman–Crippen LogP) is 4.14. The van der Waals surface area contributed by atoms with E-state index < -0.39 is 10.0 Å². The van der Waals surface area contributed by atoms with E-state index in [1.54, 1.807) is 17.4 Å². The van der Waals surface area contributed by atoms with Crippen molar-refractivity contribution in [3.05, 3.63) is 68.5 Å². The Balaban J connectivity index is 1.68. The zero-order chi connectivity index (χ0) is 17.9. The van der Waals surface area contributed by atoms with Gasteiger partial charge in [-0.2, -0.15) is 0 Å². The average molecular weight is 393 g/mol. The number of benzene rings is 1. The molecule has 3 rings (SSSR count). The van der Waals surface area contributed by atoms with Gasteiger partial charge in [-0.05, 0) is 31.0 Å². The molecule has 0 unspecified atom stereocenters. The number of thiazole rings is 1. The number of aryl methyl sites for hydroxylation is 2. The maximum atomic E-state index is 12.4. The molecule has 0 radical (unpaired) electrons. The summed E-state index contributed by atoms with van der Waals surface area (Å²) in [5.41, 5.74) is 2.19. The van der Waals surface area contributed by atoms with Crippen LogP contribution in [0.2, 0.25) is 0 Å². The monoisotopic (exact) mass is 392 g/mol. The molecule has 0 aliphatic rings. The van der Waals surface area contributed by atoms with Crippen molar-refractivity contribution in [2.75, 3.05) is 0 Å². The second-order valence-electron chi connectivity index (χ2n) is 5.68. The fourth-order valence-corrected chi connectivity index (χ4v) is 5.89. The molecule has 0 aliphatic heterocycles. The van der Waals surface area contributed by atoms with E-state index in [0.29, 0.717) is 4.21 Å². The molecule has 0 atom stereocenters. The van der Waals surface area contributed by atoms with Gasteiger partial charge < -0.3 is 0 Å². The fraction of sp³-hybridized carbons (Fsp3) is 0.278. The molecule has 0 bridgehead atoms. The Morgan fingerprint density at radius 2 is 1.84 bits per heavy atom. The molecule has 7 heteroatoms.